The Morgan fingerprint density at radius 3 is 2.08 bits per heavy atom. The predicted molar refractivity (Wildman–Crippen MR) is 50.9 cm³/mol. The minimum Gasteiger partial charge on any atom is -0.390 e. The number of aliphatic hydroxyl groups is 1. The van der Waals surface area contributed by atoms with Gasteiger partial charge >= 0.3 is 0 Å². The first kappa shape index (κ1) is 10.0. The largest absolute Gasteiger partial charge is 0.390 e. The van der Waals surface area contributed by atoms with Crippen LogP contribution in [0.15, 0.2) is 0 Å². The molecule has 0 aromatic rings. The Balaban J connectivity index is 2.44. The molecule has 0 heterocycles. The summed E-state index contributed by atoms with van der Waals surface area (Å²) in [5.74, 6) is 0. The van der Waals surface area contributed by atoms with Crippen molar-refractivity contribution in [2.45, 2.75) is 51.6 Å². The van der Waals surface area contributed by atoms with Crippen LogP contribution in [-0.4, -0.2) is 17.3 Å². The van der Waals surface area contributed by atoms with E-state index in [-0.39, 0.29) is 0 Å². The topological polar surface area (TPSA) is 46.2 Å². The summed E-state index contributed by atoms with van der Waals surface area (Å²) in [5.41, 5.74) is 5.44. The first-order valence-corrected chi connectivity index (χ1v) is 4.90. The van der Waals surface area contributed by atoms with Crippen LogP contribution in [0.1, 0.15) is 46.0 Å². The molecule has 0 aromatic carbocycles. The van der Waals surface area contributed by atoms with Crippen molar-refractivity contribution in [1.29, 1.82) is 0 Å². The lowest BCUT2D eigenvalue weighted by Crippen LogP contribution is -2.38. The fourth-order valence-corrected chi connectivity index (χ4v) is 1.91. The van der Waals surface area contributed by atoms with Crippen LogP contribution in [-0.2, 0) is 0 Å². The van der Waals surface area contributed by atoms with Crippen LogP contribution in [0.25, 0.3) is 0 Å². The maximum absolute atomic E-state index is 10.0. The van der Waals surface area contributed by atoms with Gasteiger partial charge in [-0.15, -0.1) is 0 Å². The quantitative estimate of drug-likeness (QED) is 0.664. The van der Waals surface area contributed by atoms with Gasteiger partial charge in [-0.1, -0.05) is 13.8 Å². The molecule has 0 radical (unpaired) electrons. The van der Waals surface area contributed by atoms with Crippen LogP contribution < -0.4 is 5.73 Å². The van der Waals surface area contributed by atoms with E-state index >= 15 is 0 Å². The number of rotatable bonds is 2. The first-order valence-electron chi connectivity index (χ1n) is 4.90. The summed E-state index contributed by atoms with van der Waals surface area (Å²) in [7, 11) is 0. The Labute approximate surface area is 75.2 Å². The minimum absolute atomic E-state index is 0.431. The van der Waals surface area contributed by atoms with Gasteiger partial charge in [0.05, 0.1) is 5.60 Å². The van der Waals surface area contributed by atoms with E-state index in [1.165, 1.54) is 0 Å². The van der Waals surface area contributed by atoms with Gasteiger partial charge in [-0.3, -0.25) is 0 Å². The Morgan fingerprint density at radius 2 is 1.67 bits per heavy atom. The Bertz CT molecular complexity index is 144. The van der Waals surface area contributed by atoms with Crippen molar-refractivity contribution in [3.63, 3.8) is 0 Å². The molecule has 1 saturated carbocycles. The van der Waals surface area contributed by atoms with E-state index in [1.54, 1.807) is 0 Å². The highest BCUT2D eigenvalue weighted by atomic mass is 16.3. The highest BCUT2D eigenvalue weighted by Gasteiger charge is 2.35. The summed E-state index contributed by atoms with van der Waals surface area (Å²) < 4.78 is 0. The standard InChI is InChI=1S/C10H21NO/c1-9(2)3-5-10(12,6-4-9)7-8-11/h12H,3-8,11H2,1-2H3. The molecule has 0 unspecified atom stereocenters. The van der Waals surface area contributed by atoms with Crippen molar-refractivity contribution in [1.82, 2.24) is 0 Å². The van der Waals surface area contributed by atoms with E-state index in [2.05, 4.69) is 13.8 Å². The molecule has 3 N–H and O–H groups in total. The van der Waals surface area contributed by atoms with E-state index < -0.39 is 5.60 Å². The molecule has 2 nitrogen and oxygen atoms in total. The van der Waals surface area contributed by atoms with Gasteiger partial charge in [-0.2, -0.15) is 0 Å². The zero-order valence-electron chi connectivity index (χ0n) is 8.27. The molecule has 0 aromatic heterocycles. The van der Waals surface area contributed by atoms with Crippen LogP contribution in [0.3, 0.4) is 0 Å². The van der Waals surface area contributed by atoms with Crippen molar-refractivity contribution in [3.8, 4) is 0 Å². The van der Waals surface area contributed by atoms with Gasteiger partial charge < -0.3 is 10.8 Å². The Kier molecular flexibility index (Phi) is 2.79. The molecule has 0 saturated heterocycles. The SMILES string of the molecule is CC1(C)CCC(O)(CCN)CC1. The maximum Gasteiger partial charge on any atom is 0.0660 e. The zero-order valence-corrected chi connectivity index (χ0v) is 8.27. The third-order valence-electron chi connectivity index (χ3n) is 3.14. The Morgan fingerprint density at radius 1 is 1.17 bits per heavy atom. The zero-order chi connectivity index (χ0) is 9.24. The highest BCUT2D eigenvalue weighted by molar-refractivity contribution is 4.88. The number of hydrogen-bond donors (Lipinski definition) is 2. The summed E-state index contributed by atoms with van der Waals surface area (Å²) in [5, 5.41) is 10.0. The first-order chi connectivity index (χ1) is 5.47. The van der Waals surface area contributed by atoms with Gasteiger partial charge in [0, 0.05) is 0 Å². The number of hydrogen-bond acceptors (Lipinski definition) is 2. The third-order valence-corrected chi connectivity index (χ3v) is 3.14. The predicted octanol–water partition coefficient (Wildman–Crippen LogP) is 1.67. The lowest BCUT2D eigenvalue weighted by molar-refractivity contribution is -0.0300. The van der Waals surface area contributed by atoms with Crippen molar-refractivity contribution in [2.24, 2.45) is 11.1 Å². The molecule has 12 heavy (non-hydrogen) atoms. The average Bonchev–Trinajstić information content (AvgIpc) is 1.98. The molecule has 1 aliphatic rings. The van der Waals surface area contributed by atoms with E-state index in [0.29, 0.717) is 12.0 Å². The van der Waals surface area contributed by atoms with E-state index in [1.807, 2.05) is 0 Å². The minimum atomic E-state index is -0.440. The second kappa shape index (κ2) is 3.35. The van der Waals surface area contributed by atoms with Crippen molar-refractivity contribution in [3.05, 3.63) is 0 Å². The second-order valence-corrected chi connectivity index (χ2v) is 4.93. The van der Waals surface area contributed by atoms with Crippen LogP contribution >= 0.6 is 0 Å². The van der Waals surface area contributed by atoms with E-state index in [0.717, 1.165) is 32.1 Å². The van der Waals surface area contributed by atoms with Crippen LogP contribution in [0, 0.1) is 5.41 Å². The Hall–Kier alpha value is -0.0800. The lowest BCUT2D eigenvalue weighted by Gasteiger charge is -2.40. The van der Waals surface area contributed by atoms with Gasteiger partial charge in [0.25, 0.3) is 0 Å². The van der Waals surface area contributed by atoms with Crippen LogP contribution in [0.5, 0.6) is 0 Å². The molecule has 0 spiro atoms. The smallest absolute Gasteiger partial charge is 0.0660 e. The molecular weight excluding hydrogens is 150 g/mol. The summed E-state index contributed by atoms with van der Waals surface area (Å²) in [6, 6.07) is 0. The summed E-state index contributed by atoms with van der Waals surface area (Å²) in [4.78, 5) is 0. The van der Waals surface area contributed by atoms with Crippen LogP contribution in [0.4, 0.5) is 0 Å². The fraction of sp³-hybridized carbons (Fsp3) is 1.00. The van der Waals surface area contributed by atoms with Crippen molar-refractivity contribution >= 4 is 0 Å². The fourth-order valence-electron chi connectivity index (χ4n) is 1.91. The summed E-state index contributed by atoms with van der Waals surface area (Å²) in [6.45, 7) is 5.15. The van der Waals surface area contributed by atoms with Gasteiger partial charge in [-0.25, -0.2) is 0 Å². The molecule has 72 valence electrons. The molecule has 0 bridgehead atoms. The third kappa shape index (κ3) is 2.46. The highest BCUT2D eigenvalue weighted by Crippen LogP contribution is 2.41. The molecule has 0 amide bonds. The van der Waals surface area contributed by atoms with E-state index in [4.69, 9.17) is 5.73 Å². The second-order valence-electron chi connectivity index (χ2n) is 4.93. The van der Waals surface area contributed by atoms with Crippen molar-refractivity contribution < 1.29 is 5.11 Å². The molecule has 0 aliphatic heterocycles. The average molecular weight is 171 g/mol. The molecule has 1 aliphatic carbocycles. The van der Waals surface area contributed by atoms with Gasteiger partial charge in [0.1, 0.15) is 0 Å². The molecule has 1 rings (SSSR count). The number of nitrogens with two attached hydrogens (primary N) is 1. The summed E-state index contributed by atoms with van der Waals surface area (Å²) in [6.07, 6.45) is 4.88. The maximum atomic E-state index is 10.0. The molecule has 0 atom stereocenters. The molecule has 2 heteroatoms. The van der Waals surface area contributed by atoms with Gasteiger partial charge in [0.15, 0.2) is 0 Å². The van der Waals surface area contributed by atoms with Crippen LogP contribution in [0.2, 0.25) is 0 Å². The molecule has 1 fully saturated rings. The summed E-state index contributed by atoms with van der Waals surface area (Å²) >= 11 is 0. The van der Waals surface area contributed by atoms with Gasteiger partial charge in [-0.05, 0) is 44.1 Å². The lowest BCUT2D eigenvalue weighted by atomic mass is 9.70. The van der Waals surface area contributed by atoms with Crippen molar-refractivity contribution in [2.75, 3.05) is 6.54 Å². The van der Waals surface area contributed by atoms with Gasteiger partial charge in [0.2, 0.25) is 0 Å². The van der Waals surface area contributed by atoms with E-state index in [9.17, 15) is 5.11 Å². The molecular formula is C10H21NO. The normalized spacial score (nSPS) is 27.0. The monoisotopic (exact) mass is 171 g/mol.